The number of carbonyl (C=O) groups is 1. The van der Waals surface area contributed by atoms with E-state index < -0.39 is 0 Å². The lowest BCUT2D eigenvalue weighted by atomic mass is 9.90. The van der Waals surface area contributed by atoms with Gasteiger partial charge in [-0.2, -0.15) is 0 Å². The zero-order chi connectivity index (χ0) is 30.0. The van der Waals surface area contributed by atoms with Crippen molar-refractivity contribution >= 4 is 28.9 Å². The molecule has 7 rings (SSSR count). The highest BCUT2D eigenvalue weighted by molar-refractivity contribution is 6.06. The molecule has 3 aliphatic rings. The highest BCUT2D eigenvalue weighted by Crippen LogP contribution is 2.40. The van der Waals surface area contributed by atoms with Crippen molar-refractivity contribution in [1.29, 1.82) is 0 Å². The molecule has 0 unspecified atom stereocenters. The molecule has 1 saturated heterocycles. The zero-order valence-electron chi connectivity index (χ0n) is 24.5. The molecular formula is C32H35N7O4. The summed E-state index contributed by atoms with van der Waals surface area (Å²) in [6.07, 6.45) is 6.66. The highest BCUT2D eigenvalue weighted by Gasteiger charge is 2.37. The Morgan fingerprint density at radius 1 is 1.07 bits per heavy atom. The van der Waals surface area contributed by atoms with E-state index >= 15 is 0 Å². The van der Waals surface area contributed by atoms with Crippen LogP contribution in [0.2, 0.25) is 0 Å². The van der Waals surface area contributed by atoms with Crippen LogP contribution in [0.1, 0.15) is 41.2 Å². The van der Waals surface area contributed by atoms with Gasteiger partial charge in [0.15, 0.2) is 0 Å². The number of hydrogen-bond donors (Lipinski definition) is 3. The molecule has 6 heterocycles. The normalized spacial score (nSPS) is 17.6. The van der Waals surface area contributed by atoms with E-state index in [9.17, 15) is 19.8 Å². The summed E-state index contributed by atoms with van der Waals surface area (Å²) in [6, 6.07) is 9.25. The van der Waals surface area contributed by atoms with Crippen LogP contribution in [0.3, 0.4) is 0 Å². The number of pyridine rings is 3. The molecule has 0 saturated carbocycles. The second kappa shape index (κ2) is 10.1. The molecule has 0 bridgehead atoms. The Bertz CT molecular complexity index is 1800. The molecule has 0 aromatic carbocycles. The lowest BCUT2D eigenvalue weighted by Gasteiger charge is -2.37. The van der Waals surface area contributed by atoms with Gasteiger partial charge in [-0.15, -0.1) is 0 Å². The van der Waals surface area contributed by atoms with Crippen LogP contribution in [0.15, 0.2) is 53.7 Å². The molecule has 11 nitrogen and oxygen atoms in total. The van der Waals surface area contributed by atoms with E-state index in [0.717, 1.165) is 18.5 Å². The van der Waals surface area contributed by atoms with Crippen molar-refractivity contribution in [2.24, 2.45) is 12.5 Å². The monoisotopic (exact) mass is 581 g/mol. The molecule has 43 heavy (non-hydrogen) atoms. The van der Waals surface area contributed by atoms with Gasteiger partial charge in [0, 0.05) is 62.4 Å². The minimum atomic E-state index is -0.326. The molecule has 4 aromatic heterocycles. The third kappa shape index (κ3) is 4.68. The molecule has 1 aliphatic carbocycles. The smallest absolute Gasteiger partial charge is 0.276 e. The van der Waals surface area contributed by atoms with Gasteiger partial charge in [0.1, 0.15) is 23.0 Å². The minimum absolute atomic E-state index is 0.122. The van der Waals surface area contributed by atoms with Gasteiger partial charge in [-0.05, 0) is 59.7 Å². The fourth-order valence-corrected chi connectivity index (χ4v) is 6.65. The van der Waals surface area contributed by atoms with Crippen LogP contribution in [-0.2, 0) is 33.0 Å². The molecule has 3 N–H and O–H groups in total. The van der Waals surface area contributed by atoms with E-state index in [1.165, 1.54) is 15.8 Å². The van der Waals surface area contributed by atoms with Gasteiger partial charge < -0.3 is 29.6 Å². The Kier molecular flexibility index (Phi) is 6.40. The summed E-state index contributed by atoms with van der Waals surface area (Å²) < 4.78 is 3.64. The molecule has 0 atom stereocenters. The van der Waals surface area contributed by atoms with Gasteiger partial charge in [-0.1, -0.05) is 13.8 Å². The zero-order valence-corrected chi connectivity index (χ0v) is 24.5. The highest BCUT2D eigenvalue weighted by atomic mass is 16.3. The van der Waals surface area contributed by atoms with E-state index in [2.05, 4.69) is 33.7 Å². The van der Waals surface area contributed by atoms with Crippen LogP contribution in [-0.4, -0.2) is 61.0 Å². The summed E-state index contributed by atoms with van der Waals surface area (Å²) in [5.74, 6) is 0.812. The summed E-state index contributed by atoms with van der Waals surface area (Å²) in [5, 5.41) is 23.3. The minimum Gasteiger partial charge on any atom is -0.392 e. The number of fused-ring (bicyclic) bond motifs is 3. The van der Waals surface area contributed by atoms with Gasteiger partial charge in [0.25, 0.3) is 11.5 Å². The van der Waals surface area contributed by atoms with Gasteiger partial charge in [0.05, 0.1) is 24.6 Å². The number of β-amino-alcohol motifs (C(OH)–C–C–N with tert-alkyl or cyclic N) is 1. The van der Waals surface area contributed by atoms with Crippen molar-refractivity contribution in [3.8, 4) is 11.1 Å². The van der Waals surface area contributed by atoms with Crippen LogP contribution < -0.4 is 20.7 Å². The summed E-state index contributed by atoms with van der Waals surface area (Å²) in [5.41, 5.74) is 6.26. The quantitative estimate of drug-likeness (QED) is 0.317. The fourth-order valence-electron chi connectivity index (χ4n) is 6.65. The molecule has 0 spiro atoms. The topological polar surface area (TPSA) is 129 Å². The largest absolute Gasteiger partial charge is 0.392 e. The molecule has 0 radical (unpaired) electrons. The SMILES string of the molecule is Cn1cc(-c2ccnc(N3CCn4c(cc5c4CC(C)(C)C5)C3=O)c2CO)cc(Nc2ccc(N3CC(O)C3)cn2)c1=O. The lowest BCUT2D eigenvalue weighted by Crippen LogP contribution is -2.50. The van der Waals surface area contributed by atoms with Gasteiger partial charge in [0.2, 0.25) is 0 Å². The number of aliphatic hydroxyl groups is 2. The first-order valence-electron chi connectivity index (χ1n) is 14.6. The number of aromatic nitrogens is 4. The number of rotatable bonds is 6. The van der Waals surface area contributed by atoms with Gasteiger partial charge in [-0.3, -0.25) is 14.5 Å². The number of nitrogens with zero attached hydrogens (tertiary/aromatic N) is 6. The van der Waals surface area contributed by atoms with Crippen molar-refractivity contribution in [2.45, 2.75) is 45.9 Å². The van der Waals surface area contributed by atoms with Crippen LogP contribution in [0.5, 0.6) is 0 Å². The van der Waals surface area contributed by atoms with Crippen molar-refractivity contribution in [2.75, 3.05) is 34.8 Å². The first-order chi connectivity index (χ1) is 20.6. The number of nitrogens with one attached hydrogen (secondary N) is 1. The van der Waals surface area contributed by atoms with E-state index in [-0.39, 0.29) is 29.6 Å². The second-order valence-corrected chi connectivity index (χ2v) is 12.6. The molecular weight excluding hydrogens is 546 g/mol. The Balaban J connectivity index is 1.19. The van der Waals surface area contributed by atoms with E-state index in [4.69, 9.17) is 0 Å². The second-order valence-electron chi connectivity index (χ2n) is 12.6. The molecule has 1 fully saturated rings. The number of hydrogen-bond acceptors (Lipinski definition) is 8. The summed E-state index contributed by atoms with van der Waals surface area (Å²) >= 11 is 0. The van der Waals surface area contributed by atoms with Crippen LogP contribution in [0.25, 0.3) is 11.1 Å². The van der Waals surface area contributed by atoms with Gasteiger partial charge >= 0.3 is 0 Å². The van der Waals surface area contributed by atoms with Gasteiger partial charge in [-0.25, -0.2) is 9.97 Å². The Hall–Kier alpha value is -4.48. The first-order valence-corrected chi connectivity index (χ1v) is 14.6. The number of aryl methyl sites for hydroxylation is 1. The number of carbonyl (C=O) groups excluding carboxylic acids is 1. The number of aliphatic hydroxyl groups excluding tert-OH is 2. The molecule has 2 aliphatic heterocycles. The van der Waals surface area contributed by atoms with E-state index in [0.29, 0.717) is 65.9 Å². The third-order valence-corrected chi connectivity index (χ3v) is 8.80. The van der Waals surface area contributed by atoms with E-state index in [1.807, 2.05) is 17.0 Å². The van der Waals surface area contributed by atoms with Crippen LogP contribution in [0, 0.1) is 5.41 Å². The average Bonchev–Trinajstić information content (AvgIpc) is 3.46. The van der Waals surface area contributed by atoms with Crippen molar-refractivity contribution < 1.29 is 15.0 Å². The Morgan fingerprint density at radius 3 is 2.60 bits per heavy atom. The van der Waals surface area contributed by atoms with E-state index in [1.54, 1.807) is 48.7 Å². The maximum atomic E-state index is 13.8. The Labute approximate surface area is 249 Å². The molecule has 1 amide bonds. The predicted octanol–water partition coefficient (Wildman–Crippen LogP) is 2.85. The fraction of sp³-hybridized carbons (Fsp3) is 0.375. The first kappa shape index (κ1) is 27.4. The summed E-state index contributed by atoms with van der Waals surface area (Å²) in [6.45, 7) is 6.47. The molecule has 222 valence electrons. The number of anilines is 4. The summed E-state index contributed by atoms with van der Waals surface area (Å²) in [7, 11) is 1.67. The van der Waals surface area contributed by atoms with Crippen LogP contribution >= 0.6 is 0 Å². The average molecular weight is 582 g/mol. The predicted molar refractivity (Wildman–Crippen MR) is 164 cm³/mol. The third-order valence-electron chi connectivity index (χ3n) is 8.80. The van der Waals surface area contributed by atoms with Crippen molar-refractivity contribution in [3.63, 3.8) is 0 Å². The maximum Gasteiger partial charge on any atom is 0.276 e. The van der Waals surface area contributed by atoms with Crippen LogP contribution in [0.4, 0.5) is 23.0 Å². The maximum absolute atomic E-state index is 13.8. The standard InChI is InChI=1S/C32H35N7O4/c1-32(2)12-19-11-26-31(43)39(9-8-38(26)27(19)13-32)29-24(18-40)23(6-7-33-29)20-10-25(30(42)36(3)15-20)35-28-5-4-21(14-34-28)37-16-22(41)17-37/h4-7,10-11,14-15,22,40-41H,8-9,12-13,16-18H2,1-3H3,(H,34,35). The Morgan fingerprint density at radius 2 is 1.88 bits per heavy atom. The molecule has 11 heteroatoms. The van der Waals surface area contributed by atoms with Crippen molar-refractivity contribution in [3.05, 3.63) is 81.8 Å². The molecule has 4 aromatic rings. The van der Waals surface area contributed by atoms with Crippen molar-refractivity contribution in [1.82, 2.24) is 19.1 Å². The lowest BCUT2D eigenvalue weighted by molar-refractivity contribution is 0.0962. The number of amides is 1. The summed E-state index contributed by atoms with van der Waals surface area (Å²) in [4.78, 5) is 39.5.